The molecule has 1 heterocycles. The van der Waals surface area contributed by atoms with Crippen molar-refractivity contribution in [2.24, 2.45) is 0 Å². The van der Waals surface area contributed by atoms with Gasteiger partial charge < -0.3 is 10.1 Å². The van der Waals surface area contributed by atoms with E-state index in [1.165, 1.54) is 6.20 Å². The van der Waals surface area contributed by atoms with Gasteiger partial charge in [0.25, 0.3) is 5.91 Å². The van der Waals surface area contributed by atoms with Crippen molar-refractivity contribution in [2.45, 2.75) is 39.3 Å². The molecule has 28 heavy (non-hydrogen) atoms. The highest BCUT2D eigenvalue weighted by Gasteiger charge is 2.16. The molecule has 3 N–H and O–H groups in total. The predicted octanol–water partition coefficient (Wildman–Crippen LogP) is 1.61. The maximum atomic E-state index is 12.1. The molecule has 0 aliphatic carbocycles. The Morgan fingerprint density at radius 3 is 2.50 bits per heavy atom. The average Bonchev–Trinajstić information content (AvgIpc) is 3.07. The van der Waals surface area contributed by atoms with Crippen LogP contribution in [0.1, 0.15) is 43.1 Å². The van der Waals surface area contributed by atoms with Gasteiger partial charge in [-0.3, -0.25) is 25.1 Å². The summed E-state index contributed by atoms with van der Waals surface area (Å²) < 4.78 is 6.70. The first-order chi connectivity index (χ1) is 13.2. The van der Waals surface area contributed by atoms with Gasteiger partial charge in [-0.1, -0.05) is 30.3 Å². The topological polar surface area (TPSA) is 114 Å². The summed E-state index contributed by atoms with van der Waals surface area (Å²) in [5.41, 5.74) is 5.39. The minimum absolute atomic E-state index is 0.00715. The van der Waals surface area contributed by atoms with E-state index >= 15 is 0 Å². The normalized spacial score (nSPS) is 10.8. The molecule has 3 amide bonds. The molecule has 9 nitrogen and oxygen atoms in total. The van der Waals surface area contributed by atoms with Gasteiger partial charge in [0.15, 0.2) is 0 Å². The number of amides is 3. The molecule has 0 aliphatic heterocycles. The van der Waals surface area contributed by atoms with Gasteiger partial charge in [0, 0.05) is 19.2 Å². The fourth-order valence-corrected chi connectivity index (χ4v) is 2.19. The van der Waals surface area contributed by atoms with Crippen molar-refractivity contribution in [3.8, 4) is 0 Å². The number of benzene rings is 1. The number of ether oxygens (including phenoxy) is 1. The van der Waals surface area contributed by atoms with E-state index in [1.54, 1.807) is 31.6 Å². The van der Waals surface area contributed by atoms with Crippen molar-refractivity contribution in [3.05, 3.63) is 53.9 Å². The van der Waals surface area contributed by atoms with E-state index in [4.69, 9.17) is 4.74 Å². The van der Waals surface area contributed by atoms with E-state index in [0.717, 1.165) is 5.56 Å². The molecule has 1 aromatic heterocycles. The molecule has 9 heteroatoms. The Kier molecular flexibility index (Phi) is 7.14. The molecule has 0 spiro atoms. The average molecular weight is 387 g/mol. The Morgan fingerprint density at radius 1 is 1.11 bits per heavy atom. The van der Waals surface area contributed by atoms with Crippen molar-refractivity contribution in [3.63, 3.8) is 0 Å². The van der Waals surface area contributed by atoms with Crippen LogP contribution in [-0.2, 0) is 16.1 Å². The van der Waals surface area contributed by atoms with Crippen LogP contribution >= 0.6 is 0 Å². The maximum Gasteiger partial charge on any atom is 0.407 e. The van der Waals surface area contributed by atoms with Gasteiger partial charge in [0.05, 0.1) is 18.3 Å². The number of rotatable bonds is 6. The van der Waals surface area contributed by atoms with E-state index in [0.29, 0.717) is 12.1 Å². The van der Waals surface area contributed by atoms with Crippen LogP contribution in [-0.4, -0.2) is 39.8 Å². The second-order valence-corrected chi connectivity index (χ2v) is 7.09. The Balaban J connectivity index is 1.70. The van der Waals surface area contributed by atoms with Crippen molar-refractivity contribution in [2.75, 3.05) is 6.54 Å². The minimum atomic E-state index is -0.606. The number of carbonyl (C=O) groups is 3. The lowest BCUT2D eigenvalue weighted by molar-refractivity contribution is -0.121. The molecule has 0 fully saturated rings. The molecular weight excluding hydrogens is 362 g/mol. The monoisotopic (exact) mass is 387 g/mol. The van der Waals surface area contributed by atoms with Gasteiger partial charge in [-0.15, -0.1) is 0 Å². The first kappa shape index (κ1) is 20.9. The number of nitrogens with one attached hydrogen (secondary N) is 3. The van der Waals surface area contributed by atoms with Gasteiger partial charge in [-0.2, -0.15) is 5.10 Å². The zero-order valence-electron chi connectivity index (χ0n) is 16.2. The summed E-state index contributed by atoms with van der Waals surface area (Å²) in [5, 5.41) is 6.61. The van der Waals surface area contributed by atoms with Crippen LogP contribution in [0.25, 0.3) is 0 Å². The summed E-state index contributed by atoms with van der Waals surface area (Å²) in [6.07, 6.45) is 2.41. The van der Waals surface area contributed by atoms with Crippen LogP contribution in [0, 0.1) is 0 Å². The van der Waals surface area contributed by atoms with Crippen molar-refractivity contribution >= 4 is 17.9 Å². The molecule has 0 aliphatic rings. The smallest absolute Gasteiger partial charge is 0.407 e. The molecule has 0 radical (unpaired) electrons. The number of aromatic nitrogens is 2. The van der Waals surface area contributed by atoms with Crippen LogP contribution in [0.3, 0.4) is 0 Å². The second kappa shape index (κ2) is 9.54. The Hall–Kier alpha value is -3.36. The first-order valence-electron chi connectivity index (χ1n) is 8.85. The van der Waals surface area contributed by atoms with E-state index < -0.39 is 23.5 Å². The largest absolute Gasteiger partial charge is 0.444 e. The number of hydrogen-bond acceptors (Lipinski definition) is 5. The fraction of sp³-hybridized carbons (Fsp3) is 0.368. The number of hydrogen-bond donors (Lipinski definition) is 3. The summed E-state index contributed by atoms with van der Waals surface area (Å²) in [6, 6.07) is 9.72. The fourth-order valence-electron chi connectivity index (χ4n) is 2.19. The number of carbonyl (C=O) groups excluding carboxylic acids is 3. The zero-order valence-corrected chi connectivity index (χ0v) is 16.2. The highest BCUT2D eigenvalue weighted by molar-refractivity contribution is 5.94. The van der Waals surface area contributed by atoms with Gasteiger partial charge in [-0.25, -0.2) is 4.79 Å². The standard InChI is InChI=1S/C19H25N5O4/c1-19(2,3)28-18(27)20-10-9-16(25)22-23-17(26)15-11-21-24(13-15)12-14-7-5-4-6-8-14/h4-8,11,13H,9-10,12H2,1-3H3,(H,20,27)(H,22,25)(H,23,26). The van der Waals surface area contributed by atoms with Crippen LogP contribution < -0.4 is 16.2 Å². The highest BCUT2D eigenvalue weighted by atomic mass is 16.6. The Bertz CT molecular complexity index is 811. The summed E-state index contributed by atoms with van der Waals surface area (Å²) in [4.78, 5) is 35.3. The third kappa shape index (κ3) is 7.48. The van der Waals surface area contributed by atoms with Crippen molar-refractivity contribution in [1.29, 1.82) is 0 Å². The molecule has 150 valence electrons. The van der Waals surface area contributed by atoms with E-state index in [-0.39, 0.29) is 13.0 Å². The van der Waals surface area contributed by atoms with Gasteiger partial charge in [0.1, 0.15) is 5.60 Å². The van der Waals surface area contributed by atoms with Crippen molar-refractivity contribution in [1.82, 2.24) is 25.9 Å². The summed E-state index contributed by atoms with van der Waals surface area (Å²) in [6.45, 7) is 5.87. The predicted molar refractivity (Wildman–Crippen MR) is 102 cm³/mol. The quantitative estimate of drug-likeness (QED) is 0.652. The van der Waals surface area contributed by atoms with Crippen LogP contribution in [0.2, 0.25) is 0 Å². The number of alkyl carbamates (subject to hydrolysis) is 1. The molecule has 0 saturated heterocycles. The number of hydrazine groups is 1. The van der Waals surface area contributed by atoms with Gasteiger partial charge >= 0.3 is 6.09 Å². The zero-order chi connectivity index (χ0) is 20.6. The van der Waals surface area contributed by atoms with Gasteiger partial charge in [-0.05, 0) is 26.3 Å². The van der Waals surface area contributed by atoms with E-state index in [2.05, 4.69) is 21.3 Å². The molecule has 0 bridgehead atoms. The van der Waals surface area contributed by atoms with Crippen LogP contribution in [0.5, 0.6) is 0 Å². The number of nitrogens with zero attached hydrogens (tertiary/aromatic N) is 2. The van der Waals surface area contributed by atoms with Crippen LogP contribution in [0.15, 0.2) is 42.7 Å². The molecule has 0 atom stereocenters. The summed E-state index contributed by atoms with van der Waals surface area (Å²) in [7, 11) is 0. The molecule has 2 aromatic rings. The third-order valence-electron chi connectivity index (χ3n) is 3.42. The summed E-state index contributed by atoms with van der Waals surface area (Å²) in [5.74, 6) is -0.922. The molecule has 2 rings (SSSR count). The lowest BCUT2D eigenvalue weighted by atomic mass is 10.2. The molecule has 0 saturated carbocycles. The molecule has 0 unspecified atom stereocenters. The van der Waals surface area contributed by atoms with Gasteiger partial charge in [0.2, 0.25) is 5.91 Å². The highest BCUT2D eigenvalue weighted by Crippen LogP contribution is 2.06. The Labute approximate surface area is 163 Å². The van der Waals surface area contributed by atoms with Crippen LogP contribution in [0.4, 0.5) is 4.79 Å². The molecular formula is C19H25N5O4. The van der Waals surface area contributed by atoms with Crippen molar-refractivity contribution < 1.29 is 19.1 Å². The van der Waals surface area contributed by atoms with E-state index in [1.807, 2.05) is 30.3 Å². The summed E-state index contributed by atoms with van der Waals surface area (Å²) >= 11 is 0. The second-order valence-electron chi connectivity index (χ2n) is 7.09. The Morgan fingerprint density at radius 2 is 1.82 bits per heavy atom. The van der Waals surface area contributed by atoms with E-state index in [9.17, 15) is 14.4 Å². The lowest BCUT2D eigenvalue weighted by Crippen LogP contribution is -2.43. The SMILES string of the molecule is CC(C)(C)OC(=O)NCCC(=O)NNC(=O)c1cnn(Cc2ccccc2)c1. The third-order valence-corrected chi connectivity index (χ3v) is 3.42. The molecule has 1 aromatic carbocycles. The lowest BCUT2D eigenvalue weighted by Gasteiger charge is -2.19. The maximum absolute atomic E-state index is 12.1. The minimum Gasteiger partial charge on any atom is -0.444 e. The first-order valence-corrected chi connectivity index (χ1v) is 8.85.